The fraction of sp³-hybridized carbons (Fsp3) is 0.625. The van der Waals surface area contributed by atoms with Crippen LogP contribution in [0.25, 0.3) is 0 Å². The highest BCUT2D eigenvalue weighted by molar-refractivity contribution is 6.59. The maximum absolute atomic E-state index is 5.88. The highest BCUT2D eigenvalue weighted by Crippen LogP contribution is 2.14. The Morgan fingerprint density at radius 2 is 0.950 bits per heavy atom. The first-order chi connectivity index (χ1) is 9.25. The van der Waals surface area contributed by atoms with Crippen LogP contribution in [0.3, 0.4) is 0 Å². The van der Waals surface area contributed by atoms with E-state index in [1.54, 1.807) is 0 Å². The first kappa shape index (κ1) is 19.3. The van der Waals surface area contributed by atoms with Crippen molar-refractivity contribution in [3.8, 4) is 0 Å². The van der Waals surface area contributed by atoms with Crippen LogP contribution in [0.1, 0.15) is 40.0 Å². The van der Waals surface area contributed by atoms with Crippen LogP contribution in [-0.4, -0.2) is 28.6 Å². The number of hydrogen-bond donors (Lipinski definition) is 0. The number of rotatable bonds is 12. The highest BCUT2D eigenvalue weighted by atomic mass is 28.4. The molecule has 0 saturated carbocycles. The summed E-state index contributed by atoms with van der Waals surface area (Å²) in [7, 11) is -2.57. The van der Waals surface area contributed by atoms with E-state index in [1.165, 1.54) is 0 Å². The summed E-state index contributed by atoms with van der Waals surface area (Å²) in [6, 6.07) is 0. The summed E-state index contributed by atoms with van der Waals surface area (Å²) >= 11 is 0. The molecular formula is C16H30O3Si. The zero-order valence-corrected chi connectivity index (χ0v) is 14.6. The molecule has 0 N–H and O–H groups in total. The lowest BCUT2D eigenvalue weighted by Crippen LogP contribution is -2.43. The van der Waals surface area contributed by atoms with Crippen LogP contribution in [-0.2, 0) is 13.3 Å². The molecular weight excluding hydrogens is 268 g/mol. The van der Waals surface area contributed by atoms with Gasteiger partial charge in [-0.3, -0.25) is 0 Å². The fourth-order valence-electron chi connectivity index (χ4n) is 1.36. The van der Waals surface area contributed by atoms with Crippen LogP contribution in [0.2, 0.25) is 6.55 Å². The van der Waals surface area contributed by atoms with Crippen molar-refractivity contribution in [2.45, 2.75) is 46.6 Å². The Morgan fingerprint density at radius 3 is 1.15 bits per heavy atom. The zero-order chi connectivity index (χ0) is 15.6. The highest BCUT2D eigenvalue weighted by Gasteiger charge is 2.34. The summed E-state index contributed by atoms with van der Waals surface area (Å²) in [4.78, 5) is 0. The molecule has 0 heterocycles. The Morgan fingerprint density at radius 1 is 0.700 bits per heavy atom. The van der Waals surface area contributed by atoms with Crippen LogP contribution >= 0.6 is 0 Å². The van der Waals surface area contributed by atoms with Gasteiger partial charge in [-0.25, -0.2) is 0 Å². The predicted molar refractivity (Wildman–Crippen MR) is 87.8 cm³/mol. The largest absolute Gasteiger partial charge is 0.497 e. The minimum Gasteiger partial charge on any atom is -0.373 e. The summed E-state index contributed by atoms with van der Waals surface area (Å²) in [5, 5.41) is 0. The van der Waals surface area contributed by atoms with Crippen LogP contribution in [0.15, 0.2) is 36.5 Å². The first-order valence-corrected chi connectivity index (χ1v) is 9.32. The van der Waals surface area contributed by atoms with Crippen LogP contribution in [0.4, 0.5) is 0 Å². The SMILES string of the molecule is C=C(C)CCO[Si](C)(OCCC(=C)C)OCCC(=C)C. The molecule has 0 aliphatic rings. The third-order valence-electron chi connectivity index (χ3n) is 2.68. The van der Waals surface area contributed by atoms with Gasteiger partial charge in [0.15, 0.2) is 0 Å². The molecule has 0 aromatic rings. The Balaban J connectivity index is 4.28. The standard InChI is InChI=1S/C16H30O3Si/c1-14(2)8-11-17-20(7,18-12-9-15(3)4)19-13-10-16(5)6/h1,3,5,8-13H2,2,4,6-7H3. The molecule has 0 fully saturated rings. The van der Waals surface area contributed by atoms with Gasteiger partial charge in [0.25, 0.3) is 0 Å². The van der Waals surface area contributed by atoms with Crippen molar-refractivity contribution in [3.63, 3.8) is 0 Å². The van der Waals surface area contributed by atoms with Gasteiger partial charge in [0, 0.05) is 26.4 Å². The average Bonchev–Trinajstić information content (AvgIpc) is 2.27. The lowest BCUT2D eigenvalue weighted by molar-refractivity contribution is 0.0683. The lowest BCUT2D eigenvalue weighted by Gasteiger charge is -2.26. The third-order valence-corrected chi connectivity index (χ3v) is 4.86. The van der Waals surface area contributed by atoms with Crippen LogP contribution in [0, 0.1) is 0 Å². The van der Waals surface area contributed by atoms with E-state index in [-0.39, 0.29) is 0 Å². The van der Waals surface area contributed by atoms with Gasteiger partial charge in [0.1, 0.15) is 0 Å². The summed E-state index contributed by atoms with van der Waals surface area (Å²) in [6.45, 7) is 21.3. The first-order valence-electron chi connectivity index (χ1n) is 7.10. The van der Waals surface area contributed by atoms with Crippen molar-refractivity contribution >= 4 is 8.80 Å². The predicted octanol–water partition coefficient (Wildman–Crippen LogP) is 4.50. The molecule has 4 heteroatoms. The fourth-order valence-corrected chi connectivity index (χ4v) is 3.03. The molecule has 0 amide bonds. The molecule has 0 aliphatic heterocycles. The van der Waals surface area contributed by atoms with Gasteiger partial charge in [-0.1, -0.05) is 16.7 Å². The van der Waals surface area contributed by atoms with E-state index in [9.17, 15) is 0 Å². The molecule has 0 aromatic carbocycles. The molecule has 0 spiro atoms. The second kappa shape index (κ2) is 10.1. The lowest BCUT2D eigenvalue weighted by atomic mass is 10.3. The van der Waals surface area contributed by atoms with Gasteiger partial charge in [0.05, 0.1) is 0 Å². The minimum atomic E-state index is -2.57. The molecule has 0 bridgehead atoms. The maximum atomic E-state index is 5.88. The molecule has 0 atom stereocenters. The Labute approximate surface area is 125 Å². The van der Waals surface area contributed by atoms with E-state index in [2.05, 4.69) is 19.7 Å². The van der Waals surface area contributed by atoms with Gasteiger partial charge in [0.2, 0.25) is 0 Å². The molecule has 116 valence electrons. The molecule has 0 rings (SSSR count). The Kier molecular flexibility index (Phi) is 9.76. The zero-order valence-electron chi connectivity index (χ0n) is 13.6. The molecule has 0 aliphatic carbocycles. The van der Waals surface area contributed by atoms with Gasteiger partial charge in [-0.2, -0.15) is 0 Å². The van der Waals surface area contributed by atoms with E-state index in [4.69, 9.17) is 13.3 Å². The third kappa shape index (κ3) is 11.2. The van der Waals surface area contributed by atoms with Crippen molar-refractivity contribution in [1.82, 2.24) is 0 Å². The minimum absolute atomic E-state index is 0.595. The molecule has 0 radical (unpaired) electrons. The van der Waals surface area contributed by atoms with E-state index in [0.29, 0.717) is 19.8 Å². The van der Waals surface area contributed by atoms with Crippen LogP contribution < -0.4 is 0 Å². The van der Waals surface area contributed by atoms with E-state index in [1.807, 2.05) is 27.3 Å². The summed E-state index contributed by atoms with van der Waals surface area (Å²) in [5.41, 5.74) is 3.31. The van der Waals surface area contributed by atoms with E-state index < -0.39 is 8.80 Å². The molecule has 20 heavy (non-hydrogen) atoms. The smallest absolute Gasteiger partial charge is 0.373 e. The van der Waals surface area contributed by atoms with Crippen molar-refractivity contribution in [2.24, 2.45) is 0 Å². The summed E-state index contributed by atoms with van der Waals surface area (Å²) in [5.74, 6) is 0. The monoisotopic (exact) mass is 298 g/mol. The molecule has 0 unspecified atom stereocenters. The topological polar surface area (TPSA) is 27.7 Å². The number of hydrogen-bond acceptors (Lipinski definition) is 3. The van der Waals surface area contributed by atoms with Gasteiger partial charge in [-0.05, 0) is 40.0 Å². The quantitative estimate of drug-likeness (QED) is 0.392. The summed E-state index contributed by atoms with van der Waals surface area (Å²) < 4.78 is 17.6. The van der Waals surface area contributed by atoms with Gasteiger partial charge in [-0.15, -0.1) is 19.7 Å². The normalized spacial score (nSPS) is 11.4. The van der Waals surface area contributed by atoms with Crippen molar-refractivity contribution in [2.75, 3.05) is 19.8 Å². The van der Waals surface area contributed by atoms with E-state index >= 15 is 0 Å². The maximum Gasteiger partial charge on any atom is 0.497 e. The van der Waals surface area contributed by atoms with Crippen molar-refractivity contribution in [1.29, 1.82) is 0 Å². The van der Waals surface area contributed by atoms with Crippen molar-refractivity contribution in [3.05, 3.63) is 36.5 Å². The second-order valence-corrected chi connectivity index (χ2v) is 8.12. The van der Waals surface area contributed by atoms with E-state index in [0.717, 1.165) is 36.0 Å². The Bertz CT molecular complexity index is 286. The molecule has 0 aromatic heterocycles. The van der Waals surface area contributed by atoms with Gasteiger partial charge < -0.3 is 13.3 Å². The summed E-state index contributed by atoms with van der Waals surface area (Å²) in [6.07, 6.45) is 2.49. The second-order valence-electron chi connectivity index (χ2n) is 5.53. The Hall–Kier alpha value is -0.683. The molecule has 0 saturated heterocycles. The van der Waals surface area contributed by atoms with Crippen molar-refractivity contribution < 1.29 is 13.3 Å². The average molecular weight is 298 g/mol. The van der Waals surface area contributed by atoms with Crippen LogP contribution in [0.5, 0.6) is 0 Å². The molecule has 3 nitrogen and oxygen atoms in total. The van der Waals surface area contributed by atoms with Gasteiger partial charge >= 0.3 is 8.80 Å².